The second kappa shape index (κ2) is 5.95. The van der Waals surface area contributed by atoms with E-state index in [0.717, 1.165) is 43.9 Å². The van der Waals surface area contributed by atoms with Crippen LogP contribution in [-0.2, 0) is 11.2 Å². The second-order valence-corrected chi connectivity index (χ2v) is 4.90. The minimum Gasteiger partial charge on any atom is -0.368 e. The van der Waals surface area contributed by atoms with Gasteiger partial charge < -0.3 is 4.74 Å². The predicted octanol–water partition coefficient (Wildman–Crippen LogP) is 2.39. The van der Waals surface area contributed by atoms with E-state index in [0.29, 0.717) is 11.0 Å². The van der Waals surface area contributed by atoms with Gasteiger partial charge in [0.05, 0.1) is 6.61 Å². The molecule has 0 aliphatic carbocycles. The number of hydrogen-bond donors (Lipinski definition) is 0. The van der Waals surface area contributed by atoms with Gasteiger partial charge in [0.1, 0.15) is 11.3 Å². The van der Waals surface area contributed by atoms with Gasteiger partial charge in [-0.2, -0.15) is 0 Å². The van der Waals surface area contributed by atoms with Crippen molar-refractivity contribution in [2.24, 2.45) is 0 Å². The molecule has 0 saturated carbocycles. The van der Waals surface area contributed by atoms with E-state index in [9.17, 15) is 0 Å². The molecule has 0 N–H and O–H groups in total. The van der Waals surface area contributed by atoms with Gasteiger partial charge in [0.2, 0.25) is 0 Å². The van der Waals surface area contributed by atoms with Crippen LogP contribution in [0.2, 0.25) is 5.15 Å². The van der Waals surface area contributed by atoms with Crippen molar-refractivity contribution in [2.45, 2.75) is 33.3 Å². The summed E-state index contributed by atoms with van der Waals surface area (Å²) in [5.74, 6) is 0.716. The van der Waals surface area contributed by atoms with Crippen LogP contribution < -0.4 is 0 Å². The third-order valence-corrected chi connectivity index (χ3v) is 3.73. The number of rotatable bonds is 3. The Kier molecular flexibility index (Phi) is 4.54. The van der Waals surface area contributed by atoms with Crippen LogP contribution in [0.15, 0.2) is 0 Å². The van der Waals surface area contributed by atoms with Crippen LogP contribution in [0.25, 0.3) is 0 Å². The molecule has 1 saturated heterocycles. The first-order chi connectivity index (χ1) is 8.65. The molecule has 18 heavy (non-hydrogen) atoms. The molecule has 5 heteroatoms. The summed E-state index contributed by atoms with van der Waals surface area (Å²) in [6.07, 6.45) is 0.804. The summed E-state index contributed by atoms with van der Waals surface area (Å²) >= 11 is 6.20. The topological polar surface area (TPSA) is 38.2 Å². The lowest BCUT2D eigenvalue weighted by Gasteiger charge is -2.31. The van der Waals surface area contributed by atoms with E-state index in [1.165, 1.54) is 0 Å². The Morgan fingerprint density at radius 3 is 2.78 bits per heavy atom. The van der Waals surface area contributed by atoms with Crippen LogP contribution in [0, 0.1) is 6.92 Å². The molecule has 0 bridgehead atoms. The number of aryl methyl sites for hydroxylation is 1. The van der Waals surface area contributed by atoms with Crippen LogP contribution in [0.5, 0.6) is 0 Å². The maximum Gasteiger partial charge on any atom is 0.160 e. The Labute approximate surface area is 113 Å². The number of aromatic nitrogens is 2. The highest BCUT2D eigenvalue weighted by Crippen LogP contribution is 2.23. The van der Waals surface area contributed by atoms with Crippen molar-refractivity contribution in [3.63, 3.8) is 0 Å². The lowest BCUT2D eigenvalue weighted by atomic mass is 10.2. The minimum atomic E-state index is -0.0548. The normalized spacial score (nSPS) is 21.2. The number of ether oxygens (including phenoxy) is 1. The first kappa shape index (κ1) is 13.7. The van der Waals surface area contributed by atoms with Crippen LogP contribution in [0.3, 0.4) is 0 Å². The first-order valence-corrected chi connectivity index (χ1v) is 6.90. The van der Waals surface area contributed by atoms with E-state index in [2.05, 4.69) is 28.7 Å². The Hall–Kier alpha value is -0.710. The van der Waals surface area contributed by atoms with Gasteiger partial charge in [-0.15, -0.1) is 0 Å². The van der Waals surface area contributed by atoms with E-state index in [-0.39, 0.29) is 6.10 Å². The minimum absolute atomic E-state index is 0.0548. The average molecular weight is 270 g/mol. The van der Waals surface area contributed by atoms with Crippen molar-refractivity contribution in [1.29, 1.82) is 0 Å². The fourth-order valence-corrected chi connectivity index (χ4v) is 2.63. The van der Waals surface area contributed by atoms with Gasteiger partial charge in [0, 0.05) is 24.3 Å². The largest absolute Gasteiger partial charge is 0.368 e. The van der Waals surface area contributed by atoms with E-state index in [1.54, 1.807) is 0 Å². The first-order valence-electron chi connectivity index (χ1n) is 6.52. The summed E-state index contributed by atoms with van der Waals surface area (Å²) in [5.41, 5.74) is 1.99. The summed E-state index contributed by atoms with van der Waals surface area (Å²) in [6.45, 7) is 9.78. The van der Waals surface area contributed by atoms with E-state index >= 15 is 0 Å². The summed E-state index contributed by atoms with van der Waals surface area (Å²) in [6, 6.07) is 0. The molecule has 0 spiro atoms. The lowest BCUT2D eigenvalue weighted by molar-refractivity contribution is -0.0326. The Bertz CT molecular complexity index is 402. The van der Waals surface area contributed by atoms with Gasteiger partial charge in [-0.3, -0.25) is 4.90 Å². The highest BCUT2D eigenvalue weighted by molar-refractivity contribution is 6.30. The summed E-state index contributed by atoms with van der Waals surface area (Å²) < 4.78 is 5.75. The zero-order valence-electron chi connectivity index (χ0n) is 11.2. The quantitative estimate of drug-likeness (QED) is 0.790. The molecule has 4 nitrogen and oxygen atoms in total. The average Bonchev–Trinajstić information content (AvgIpc) is 2.38. The molecule has 2 rings (SSSR count). The van der Waals surface area contributed by atoms with E-state index in [1.807, 2.05) is 6.92 Å². The Morgan fingerprint density at radius 2 is 2.17 bits per heavy atom. The molecule has 1 unspecified atom stereocenters. The third kappa shape index (κ3) is 2.82. The summed E-state index contributed by atoms with van der Waals surface area (Å²) in [7, 11) is 0. The molecule has 1 aromatic heterocycles. The highest BCUT2D eigenvalue weighted by atomic mass is 35.5. The van der Waals surface area contributed by atoms with Gasteiger partial charge in [0.15, 0.2) is 5.82 Å². The molecule has 0 aromatic carbocycles. The zero-order valence-corrected chi connectivity index (χ0v) is 12.0. The van der Waals surface area contributed by atoms with Crippen LogP contribution in [0.4, 0.5) is 0 Å². The molecule has 0 radical (unpaired) electrons. The Balaban J connectivity index is 2.23. The lowest BCUT2D eigenvalue weighted by Crippen LogP contribution is -2.38. The molecule has 1 aliphatic heterocycles. The maximum absolute atomic E-state index is 6.20. The second-order valence-electron chi connectivity index (χ2n) is 4.54. The standard InChI is InChI=1S/C13H20ClN3O/c1-4-10-9(3)15-13(16-12(10)14)11-8-17(5-2)6-7-18-11/h11H,4-8H2,1-3H3. The van der Waals surface area contributed by atoms with Crippen LogP contribution >= 0.6 is 11.6 Å². The van der Waals surface area contributed by atoms with Gasteiger partial charge >= 0.3 is 0 Å². The summed E-state index contributed by atoms with van der Waals surface area (Å²) in [5, 5.41) is 0.567. The molecular formula is C13H20ClN3O. The third-order valence-electron chi connectivity index (χ3n) is 3.42. The fraction of sp³-hybridized carbons (Fsp3) is 0.692. The maximum atomic E-state index is 6.20. The van der Waals surface area contributed by atoms with Crippen LogP contribution in [-0.4, -0.2) is 41.1 Å². The molecular weight excluding hydrogens is 250 g/mol. The van der Waals surface area contributed by atoms with Gasteiger partial charge in [-0.05, 0) is 19.9 Å². The van der Waals surface area contributed by atoms with Crippen molar-refractivity contribution < 1.29 is 4.74 Å². The molecule has 1 aromatic rings. The zero-order chi connectivity index (χ0) is 13.1. The van der Waals surface area contributed by atoms with Crippen molar-refractivity contribution >= 4 is 11.6 Å². The number of hydrogen-bond acceptors (Lipinski definition) is 4. The molecule has 1 atom stereocenters. The molecule has 100 valence electrons. The van der Waals surface area contributed by atoms with Crippen molar-refractivity contribution in [2.75, 3.05) is 26.2 Å². The number of morpholine rings is 1. The number of halogens is 1. The monoisotopic (exact) mass is 269 g/mol. The Morgan fingerprint density at radius 1 is 1.39 bits per heavy atom. The van der Waals surface area contributed by atoms with E-state index < -0.39 is 0 Å². The molecule has 2 heterocycles. The van der Waals surface area contributed by atoms with Crippen LogP contribution in [0.1, 0.15) is 37.0 Å². The highest BCUT2D eigenvalue weighted by Gasteiger charge is 2.24. The van der Waals surface area contributed by atoms with Gasteiger partial charge in [0.25, 0.3) is 0 Å². The van der Waals surface area contributed by atoms with Crippen molar-refractivity contribution in [1.82, 2.24) is 14.9 Å². The molecule has 1 aliphatic rings. The fourth-order valence-electron chi connectivity index (χ4n) is 2.27. The predicted molar refractivity (Wildman–Crippen MR) is 72.0 cm³/mol. The van der Waals surface area contributed by atoms with Gasteiger partial charge in [-0.1, -0.05) is 25.4 Å². The molecule has 1 fully saturated rings. The number of likely N-dealkylation sites (N-methyl/N-ethyl adjacent to an activating group) is 1. The van der Waals surface area contributed by atoms with Crippen molar-refractivity contribution in [3.05, 3.63) is 22.2 Å². The SMILES string of the molecule is CCc1c(C)nc(C2CN(CC)CCO2)nc1Cl. The van der Waals surface area contributed by atoms with Crippen molar-refractivity contribution in [3.8, 4) is 0 Å². The smallest absolute Gasteiger partial charge is 0.160 e. The van der Waals surface area contributed by atoms with Gasteiger partial charge in [-0.25, -0.2) is 9.97 Å². The molecule has 0 amide bonds. The number of nitrogens with zero attached hydrogens (tertiary/aromatic N) is 3. The summed E-state index contributed by atoms with van der Waals surface area (Å²) in [4.78, 5) is 11.3. The van der Waals surface area contributed by atoms with E-state index in [4.69, 9.17) is 16.3 Å².